The molecule has 0 heterocycles. The van der Waals surface area contributed by atoms with Crippen LogP contribution in [0.4, 0.5) is 5.69 Å². The van der Waals surface area contributed by atoms with Crippen LogP contribution in [0.5, 0.6) is 5.75 Å². The lowest BCUT2D eigenvalue weighted by Crippen LogP contribution is -2.23. The molecule has 0 aliphatic carbocycles. The molecule has 2 aromatic carbocycles. The lowest BCUT2D eigenvalue weighted by molar-refractivity contribution is 0.0951. The molecule has 0 radical (unpaired) electrons. The van der Waals surface area contributed by atoms with Crippen LogP contribution in [0, 0.1) is 0 Å². The number of benzene rings is 2. The van der Waals surface area contributed by atoms with Crippen LogP contribution in [-0.2, 0) is 6.54 Å². The number of halogens is 1. The maximum absolute atomic E-state index is 12.0. The van der Waals surface area contributed by atoms with Gasteiger partial charge in [0.15, 0.2) is 0 Å². The van der Waals surface area contributed by atoms with Gasteiger partial charge in [-0.05, 0) is 24.3 Å². The summed E-state index contributed by atoms with van der Waals surface area (Å²) in [6, 6.07) is 11.5. The molecule has 1 amide bonds. The summed E-state index contributed by atoms with van der Waals surface area (Å²) >= 11 is 5.94. The molecular weight excluding hydrogens is 264 g/mol. The minimum Gasteiger partial charge on any atom is -0.508 e. The van der Waals surface area contributed by atoms with Crippen LogP contribution < -0.4 is 11.1 Å². The van der Waals surface area contributed by atoms with E-state index in [2.05, 4.69) is 5.32 Å². The van der Waals surface area contributed by atoms with Gasteiger partial charge < -0.3 is 16.2 Å². The number of carbonyl (C=O) groups excluding carboxylic acids is 1. The molecule has 4 N–H and O–H groups in total. The Bertz CT molecular complexity index is 614. The molecular formula is C14H13ClN2O2. The molecule has 0 saturated heterocycles. The Hall–Kier alpha value is -2.20. The van der Waals surface area contributed by atoms with Crippen LogP contribution in [0.25, 0.3) is 0 Å². The van der Waals surface area contributed by atoms with Crippen LogP contribution in [0.2, 0.25) is 5.02 Å². The van der Waals surface area contributed by atoms with Crippen molar-refractivity contribution in [3.05, 3.63) is 58.6 Å². The summed E-state index contributed by atoms with van der Waals surface area (Å²) < 4.78 is 0. The number of rotatable bonds is 3. The van der Waals surface area contributed by atoms with Crippen molar-refractivity contribution in [2.24, 2.45) is 0 Å². The Morgan fingerprint density at radius 2 is 2.00 bits per heavy atom. The first-order valence-corrected chi connectivity index (χ1v) is 6.06. The largest absolute Gasteiger partial charge is 0.508 e. The number of aromatic hydroxyl groups is 1. The van der Waals surface area contributed by atoms with Gasteiger partial charge in [-0.1, -0.05) is 29.8 Å². The van der Waals surface area contributed by atoms with Crippen molar-refractivity contribution in [1.29, 1.82) is 0 Å². The molecule has 0 bridgehead atoms. The maximum Gasteiger partial charge on any atom is 0.253 e. The summed E-state index contributed by atoms with van der Waals surface area (Å²) in [5, 5.41) is 12.6. The normalized spacial score (nSPS) is 10.2. The molecule has 0 atom stereocenters. The fourth-order valence-corrected chi connectivity index (χ4v) is 1.85. The van der Waals surface area contributed by atoms with E-state index in [0.29, 0.717) is 21.8 Å². The summed E-state index contributed by atoms with van der Waals surface area (Å²) in [7, 11) is 0. The molecule has 0 fully saturated rings. The van der Waals surface area contributed by atoms with Gasteiger partial charge >= 0.3 is 0 Å². The van der Waals surface area contributed by atoms with E-state index in [1.807, 2.05) is 0 Å². The number of nitrogens with two attached hydrogens (primary N) is 1. The van der Waals surface area contributed by atoms with Crippen LogP contribution >= 0.6 is 11.6 Å². The number of phenolic OH excluding ortho intramolecular Hbond substituents is 1. The highest BCUT2D eigenvalue weighted by atomic mass is 35.5. The first kappa shape index (κ1) is 13.2. The van der Waals surface area contributed by atoms with E-state index in [0.717, 1.165) is 0 Å². The van der Waals surface area contributed by atoms with E-state index < -0.39 is 0 Å². The smallest absolute Gasteiger partial charge is 0.253 e. The van der Waals surface area contributed by atoms with E-state index in [4.69, 9.17) is 17.3 Å². The van der Waals surface area contributed by atoms with Crippen molar-refractivity contribution in [2.75, 3.05) is 5.73 Å². The van der Waals surface area contributed by atoms with E-state index in [1.54, 1.807) is 36.4 Å². The second-order valence-corrected chi connectivity index (χ2v) is 4.46. The fraction of sp³-hybridized carbons (Fsp3) is 0.0714. The number of hydrogen-bond donors (Lipinski definition) is 3. The van der Waals surface area contributed by atoms with Crippen molar-refractivity contribution in [1.82, 2.24) is 5.32 Å². The van der Waals surface area contributed by atoms with Gasteiger partial charge in [0.1, 0.15) is 5.75 Å². The zero-order valence-corrected chi connectivity index (χ0v) is 10.8. The number of para-hydroxylation sites is 1. The molecule has 0 aliphatic heterocycles. The van der Waals surface area contributed by atoms with Crippen molar-refractivity contribution in [3.8, 4) is 5.75 Å². The highest BCUT2D eigenvalue weighted by molar-refractivity contribution is 6.34. The Kier molecular flexibility index (Phi) is 3.92. The number of hydrogen-bond acceptors (Lipinski definition) is 3. The quantitative estimate of drug-likeness (QED) is 0.754. The number of nitrogens with one attached hydrogen (secondary N) is 1. The number of carbonyl (C=O) groups is 1. The minimum absolute atomic E-state index is 0.140. The first-order valence-electron chi connectivity index (χ1n) is 5.68. The Balaban J connectivity index is 2.10. The Labute approximate surface area is 115 Å². The number of amides is 1. The summed E-state index contributed by atoms with van der Waals surface area (Å²) in [6.45, 7) is 0.219. The van der Waals surface area contributed by atoms with Crippen molar-refractivity contribution in [2.45, 2.75) is 6.54 Å². The molecule has 4 nitrogen and oxygen atoms in total. The maximum atomic E-state index is 12.0. The predicted octanol–water partition coefficient (Wildman–Crippen LogP) is 2.56. The third-order valence-electron chi connectivity index (χ3n) is 2.67. The molecule has 0 spiro atoms. The number of phenols is 1. The molecule has 0 aromatic heterocycles. The molecule has 5 heteroatoms. The van der Waals surface area contributed by atoms with E-state index in [9.17, 15) is 9.90 Å². The second kappa shape index (κ2) is 5.63. The molecule has 98 valence electrons. The van der Waals surface area contributed by atoms with Gasteiger partial charge in [0.2, 0.25) is 0 Å². The Morgan fingerprint density at radius 1 is 1.26 bits per heavy atom. The molecule has 19 heavy (non-hydrogen) atoms. The first-order chi connectivity index (χ1) is 9.08. The summed E-state index contributed by atoms with van der Waals surface area (Å²) in [5.41, 5.74) is 7.04. The highest BCUT2D eigenvalue weighted by Gasteiger charge is 2.11. The Morgan fingerprint density at radius 3 is 2.74 bits per heavy atom. The van der Waals surface area contributed by atoms with Gasteiger partial charge in [-0.3, -0.25) is 4.79 Å². The molecule has 0 saturated carbocycles. The summed E-state index contributed by atoms with van der Waals surface area (Å²) in [4.78, 5) is 12.0. The van der Waals surface area contributed by atoms with Crippen LogP contribution in [0.3, 0.4) is 0 Å². The van der Waals surface area contributed by atoms with Crippen LogP contribution in [0.1, 0.15) is 15.9 Å². The molecule has 2 aromatic rings. The number of nitrogen functional groups attached to an aromatic ring is 1. The van der Waals surface area contributed by atoms with Gasteiger partial charge in [0.05, 0.1) is 10.6 Å². The standard InChI is InChI=1S/C14H13ClN2O2/c15-12-6-5-10(16)7-11(12)14(19)17-8-9-3-1-2-4-13(9)18/h1-7,18H,8,16H2,(H,17,19). The topological polar surface area (TPSA) is 75.4 Å². The molecule has 2 rings (SSSR count). The average Bonchev–Trinajstić information content (AvgIpc) is 2.40. The van der Waals surface area contributed by atoms with Crippen LogP contribution in [0.15, 0.2) is 42.5 Å². The minimum atomic E-state index is -0.333. The van der Waals surface area contributed by atoms with E-state index in [1.165, 1.54) is 6.07 Å². The lowest BCUT2D eigenvalue weighted by Gasteiger charge is -2.08. The molecule has 0 aliphatic rings. The zero-order valence-electron chi connectivity index (χ0n) is 10.1. The summed E-state index contributed by atoms with van der Waals surface area (Å²) in [5.74, 6) is -0.193. The second-order valence-electron chi connectivity index (χ2n) is 4.05. The fourth-order valence-electron chi connectivity index (χ4n) is 1.65. The lowest BCUT2D eigenvalue weighted by atomic mass is 10.1. The number of anilines is 1. The summed E-state index contributed by atoms with van der Waals surface area (Å²) in [6.07, 6.45) is 0. The van der Waals surface area contributed by atoms with Gasteiger partial charge in [0, 0.05) is 17.8 Å². The SMILES string of the molecule is Nc1ccc(Cl)c(C(=O)NCc2ccccc2O)c1. The van der Waals surface area contributed by atoms with Gasteiger partial charge in [-0.25, -0.2) is 0 Å². The van der Waals surface area contributed by atoms with Crippen molar-refractivity contribution < 1.29 is 9.90 Å². The van der Waals surface area contributed by atoms with Gasteiger partial charge in [-0.15, -0.1) is 0 Å². The van der Waals surface area contributed by atoms with E-state index in [-0.39, 0.29) is 18.2 Å². The van der Waals surface area contributed by atoms with Crippen molar-refractivity contribution >= 4 is 23.2 Å². The molecule has 0 unspecified atom stereocenters. The van der Waals surface area contributed by atoms with Crippen molar-refractivity contribution in [3.63, 3.8) is 0 Å². The third kappa shape index (κ3) is 3.17. The van der Waals surface area contributed by atoms with E-state index >= 15 is 0 Å². The average molecular weight is 277 g/mol. The third-order valence-corrected chi connectivity index (χ3v) is 3.00. The zero-order chi connectivity index (χ0) is 13.8. The predicted molar refractivity (Wildman–Crippen MR) is 75.1 cm³/mol. The highest BCUT2D eigenvalue weighted by Crippen LogP contribution is 2.19. The monoisotopic (exact) mass is 276 g/mol. The van der Waals surface area contributed by atoms with Gasteiger partial charge in [0.25, 0.3) is 5.91 Å². The van der Waals surface area contributed by atoms with Gasteiger partial charge in [-0.2, -0.15) is 0 Å². The van der Waals surface area contributed by atoms with Crippen LogP contribution in [-0.4, -0.2) is 11.0 Å².